The van der Waals surface area contributed by atoms with Crippen LogP contribution in [-0.4, -0.2) is 0 Å². The van der Waals surface area contributed by atoms with Crippen LogP contribution < -0.4 is 9.80 Å². The maximum atomic E-state index is 2.36. The molecule has 2 nitrogen and oxygen atoms in total. The van der Waals surface area contributed by atoms with Crippen molar-refractivity contribution in [2.45, 2.75) is 13.8 Å². The minimum absolute atomic E-state index is 1.12. The summed E-state index contributed by atoms with van der Waals surface area (Å²) in [7, 11) is 0. The predicted molar refractivity (Wildman–Crippen MR) is 171 cm³/mol. The van der Waals surface area contributed by atoms with Crippen LogP contribution in [0, 0.1) is 21.0 Å². The summed E-state index contributed by atoms with van der Waals surface area (Å²) in [6, 6.07) is 43.6. The topological polar surface area (TPSA) is 6.48 Å². The van der Waals surface area contributed by atoms with E-state index in [1.807, 2.05) is 0 Å². The van der Waals surface area contributed by atoms with Crippen molar-refractivity contribution in [2.75, 3.05) is 9.80 Å². The highest BCUT2D eigenvalue weighted by molar-refractivity contribution is 14.1. The van der Waals surface area contributed by atoms with Gasteiger partial charge in [0.2, 0.25) is 0 Å². The van der Waals surface area contributed by atoms with Crippen molar-refractivity contribution >= 4 is 79.3 Å². The lowest BCUT2D eigenvalue weighted by atomic mass is 10.1. The molecule has 0 heterocycles. The van der Waals surface area contributed by atoms with Gasteiger partial charge in [0.25, 0.3) is 0 Å². The molecular weight excluding hydrogens is 666 g/mol. The van der Waals surface area contributed by atoms with Gasteiger partial charge in [0, 0.05) is 41.3 Å². The molecule has 5 rings (SSSR count). The number of hydrogen-bond donors (Lipinski definition) is 0. The van der Waals surface area contributed by atoms with E-state index in [9.17, 15) is 0 Å². The number of nitrogens with zero attached hydrogens (tertiary/aromatic N) is 2. The zero-order valence-electron chi connectivity index (χ0n) is 20.2. The van der Waals surface area contributed by atoms with Gasteiger partial charge >= 0.3 is 0 Å². The lowest BCUT2D eigenvalue weighted by Crippen LogP contribution is -2.12. The van der Waals surface area contributed by atoms with Crippen LogP contribution in [-0.2, 0) is 0 Å². The van der Waals surface area contributed by atoms with Gasteiger partial charge in [-0.15, -0.1) is 0 Å². The Morgan fingerprint density at radius 1 is 0.333 bits per heavy atom. The van der Waals surface area contributed by atoms with Crippen LogP contribution in [0.15, 0.2) is 121 Å². The second kappa shape index (κ2) is 11.0. The van der Waals surface area contributed by atoms with E-state index in [1.165, 1.54) is 18.3 Å². The van der Waals surface area contributed by atoms with E-state index in [-0.39, 0.29) is 0 Å². The first-order valence-corrected chi connectivity index (χ1v) is 14.0. The van der Waals surface area contributed by atoms with Gasteiger partial charge in [-0.3, -0.25) is 0 Å². The van der Waals surface area contributed by atoms with E-state index in [4.69, 9.17) is 0 Å². The molecule has 0 aromatic heterocycles. The Morgan fingerprint density at radius 2 is 0.528 bits per heavy atom. The van der Waals surface area contributed by atoms with Gasteiger partial charge < -0.3 is 9.80 Å². The fourth-order valence-corrected chi connectivity index (χ4v) is 4.93. The molecule has 0 saturated heterocycles. The first-order valence-electron chi connectivity index (χ1n) is 11.8. The molecule has 0 atom stereocenters. The van der Waals surface area contributed by atoms with Crippen LogP contribution in [0.1, 0.15) is 11.1 Å². The molecule has 5 aromatic carbocycles. The van der Waals surface area contributed by atoms with Gasteiger partial charge in [0.1, 0.15) is 0 Å². The van der Waals surface area contributed by atoms with Crippen molar-refractivity contribution in [1.29, 1.82) is 0 Å². The SMILES string of the molecule is Cc1ccc(N(c2ccc(I)cc2)c2ccc(N(c3ccc(C)cc3)c3ccc(I)cc3)cc2)cc1. The van der Waals surface area contributed by atoms with E-state index < -0.39 is 0 Å². The molecule has 0 spiro atoms. The van der Waals surface area contributed by atoms with Crippen molar-refractivity contribution in [1.82, 2.24) is 0 Å². The zero-order valence-corrected chi connectivity index (χ0v) is 24.5. The maximum Gasteiger partial charge on any atom is 0.0463 e. The molecule has 0 aliphatic carbocycles. The van der Waals surface area contributed by atoms with Gasteiger partial charge in [0.15, 0.2) is 0 Å². The monoisotopic (exact) mass is 692 g/mol. The van der Waals surface area contributed by atoms with E-state index >= 15 is 0 Å². The highest BCUT2D eigenvalue weighted by atomic mass is 127. The molecule has 0 saturated carbocycles. The highest BCUT2D eigenvalue weighted by Gasteiger charge is 2.16. The third-order valence-electron chi connectivity index (χ3n) is 6.12. The molecule has 0 aliphatic heterocycles. The van der Waals surface area contributed by atoms with Gasteiger partial charge in [-0.05, 0) is 156 Å². The number of anilines is 6. The summed E-state index contributed by atoms with van der Waals surface area (Å²) in [6.07, 6.45) is 0. The molecule has 0 bridgehead atoms. The lowest BCUT2D eigenvalue weighted by Gasteiger charge is -2.28. The number of hydrogen-bond acceptors (Lipinski definition) is 2. The Labute approximate surface area is 240 Å². The lowest BCUT2D eigenvalue weighted by molar-refractivity contribution is 1.25. The molecule has 0 aliphatic rings. The van der Waals surface area contributed by atoms with Gasteiger partial charge in [-0.1, -0.05) is 35.4 Å². The average Bonchev–Trinajstić information content (AvgIpc) is 2.90. The predicted octanol–water partition coefficient (Wildman–Crippen LogP) is 10.5. The Morgan fingerprint density at radius 3 is 0.778 bits per heavy atom. The van der Waals surface area contributed by atoms with E-state index in [0.717, 1.165) is 34.1 Å². The summed E-state index contributed by atoms with van der Waals surface area (Å²) in [6.45, 7) is 4.25. The quantitative estimate of drug-likeness (QED) is 0.164. The number of benzene rings is 5. The highest BCUT2D eigenvalue weighted by Crippen LogP contribution is 2.39. The number of halogens is 2. The normalized spacial score (nSPS) is 10.8. The van der Waals surface area contributed by atoms with Crippen molar-refractivity contribution in [3.63, 3.8) is 0 Å². The summed E-state index contributed by atoms with van der Waals surface area (Å²) in [5.74, 6) is 0. The molecule has 0 N–H and O–H groups in total. The van der Waals surface area contributed by atoms with E-state index in [0.29, 0.717) is 0 Å². The number of aryl methyl sites for hydroxylation is 2. The average molecular weight is 692 g/mol. The Hall–Kier alpha value is -2.84. The summed E-state index contributed by atoms with van der Waals surface area (Å²) < 4.78 is 2.45. The number of rotatable bonds is 6. The molecule has 0 fully saturated rings. The van der Waals surface area contributed by atoms with Crippen molar-refractivity contribution in [3.8, 4) is 0 Å². The second-order valence-corrected chi connectivity index (χ2v) is 11.3. The molecule has 0 radical (unpaired) electrons. The Bertz CT molecular complexity index is 1220. The van der Waals surface area contributed by atoms with Gasteiger partial charge in [-0.25, -0.2) is 0 Å². The van der Waals surface area contributed by atoms with Crippen LogP contribution in [0.2, 0.25) is 0 Å². The van der Waals surface area contributed by atoms with Crippen LogP contribution in [0.25, 0.3) is 0 Å². The fourth-order valence-electron chi connectivity index (χ4n) is 4.21. The summed E-state index contributed by atoms with van der Waals surface area (Å²) in [5.41, 5.74) is 9.31. The minimum Gasteiger partial charge on any atom is -0.311 e. The molecule has 178 valence electrons. The molecule has 0 amide bonds. The summed E-state index contributed by atoms with van der Waals surface area (Å²) in [4.78, 5) is 4.61. The minimum atomic E-state index is 1.12. The molecule has 4 heteroatoms. The van der Waals surface area contributed by atoms with Crippen molar-refractivity contribution in [2.24, 2.45) is 0 Å². The zero-order chi connectivity index (χ0) is 25.1. The van der Waals surface area contributed by atoms with Crippen LogP contribution in [0.4, 0.5) is 34.1 Å². The first-order chi connectivity index (χ1) is 17.5. The largest absolute Gasteiger partial charge is 0.311 e. The summed E-state index contributed by atoms with van der Waals surface area (Å²) in [5, 5.41) is 0. The van der Waals surface area contributed by atoms with E-state index in [1.54, 1.807) is 0 Å². The third kappa shape index (κ3) is 5.60. The van der Waals surface area contributed by atoms with Crippen LogP contribution >= 0.6 is 45.2 Å². The van der Waals surface area contributed by atoms with Crippen LogP contribution in [0.5, 0.6) is 0 Å². The Kier molecular flexibility index (Phi) is 7.62. The van der Waals surface area contributed by atoms with Crippen LogP contribution in [0.3, 0.4) is 0 Å². The Balaban J connectivity index is 1.57. The molecule has 5 aromatic rings. The van der Waals surface area contributed by atoms with Gasteiger partial charge in [0.05, 0.1) is 0 Å². The van der Waals surface area contributed by atoms with Gasteiger partial charge in [-0.2, -0.15) is 0 Å². The molecule has 36 heavy (non-hydrogen) atoms. The van der Waals surface area contributed by atoms with E-state index in [2.05, 4.69) is 190 Å². The smallest absolute Gasteiger partial charge is 0.0463 e. The first kappa shape index (κ1) is 24.8. The molecular formula is C32H26I2N2. The van der Waals surface area contributed by atoms with Crippen molar-refractivity contribution < 1.29 is 0 Å². The molecule has 0 unspecified atom stereocenters. The standard InChI is InChI=1S/C32H26I2N2/c1-23-3-11-27(12-4-23)35(29-15-7-25(33)8-16-29)31-19-21-32(22-20-31)36(28-13-5-24(2)6-14-28)30-17-9-26(34)10-18-30/h3-22H,1-2H3. The third-order valence-corrected chi connectivity index (χ3v) is 7.56. The summed E-state index contributed by atoms with van der Waals surface area (Å²) >= 11 is 4.71. The van der Waals surface area contributed by atoms with Crippen molar-refractivity contribution in [3.05, 3.63) is 140 Å². The maximum absolute atomic E-state index is 2.36. The fraction of sp³-hybridized carbons (Fsp3) is 0.0625. The second-order valence-electron chi connectivity index (χ2n) is 8.81.